The molecular weight excluding hydrogens is 268 g/mol. The van der Waals surface area contributed by atoms with Gasteiger partial charge in [-0.1, -0.05) is 24.3 Å². The van der Waals surface area contributed by atoms with Crippen LogP contribution in [0.2, 0.25) is 0 Å². The van der Waals surface area contributed by atoms with Crippen LogP contribution < -0.4 is 4.80 Å². The molecule has 0 aliphatic carbocycles. The molecule has 0 spiro atoms. The van der Waals surface area contributed by atoms with E-state index in [0.29, 0.717) is 4.77 Å². The molecule has 2 aromatic carbocycles. The smallest absolute Gasteiger partial charge is 0.137 e. The van der Waals surface area contributed by atoms with Crippen LogP contribution in [0.25, 0.3) is 11.4 Å². The molecule has 3 aromatic rings. The van der Waals surface area contributed by atoms with Crippen molar-refractivity contribution in [3.63, 3.8) is 0 Å². The normalized spacial score (nSPS) is 10.7. The fourth-order valence-electron chi connectivity index (χ4n) is 2.15. The fourth-order valence-corrected chi connectivity index (χ4v) is 2.31. The molecule has 0 bridgehead atoms. The summed E-state index contributed by atoms with van der Waals surface area (Å²) >= 11 is 5.18. The van der Waals surface area contributed by atoms with Gasteiger partial charge >= 0.3 is 4.77 Å². The third kappa shape index (κ3) is 2.40. The summed E-state index contributed by atoms with van der Waals surface area (Å²) in [5.41, 5.74) is 4.33. The van der Waals surface area contributed by atoms with Crippen LogP contribution in [-0.4, -0.2) is 15.0 Å². The van der Waals surface area contributed by atoms with Gasteiger partial charge in [-0.15, -0.1) is 5.10 Å². The van der Waals surface area contributed by atoms with Gasteiger partial charge in [-0.2, -0.15) is 0 Å². The maximum atomic E-state index is 5.18. The van der Waals surface area contributed by atoms with Crippen molar-refractivity contribution in [2.24, 2.45) is 0 Å². The molecule has 0 saturated heterocycles. The molecule has 0 saturated carbocycles. The van der Waals surface area contributed by atoms with Gasteiger partial charge in [-0.25, -0.2) is 0 Å². The Kier molecular flexibility index (Phi) is 3.20. The van der Waals surface area contributed by atoms with E-state index >= 15 is 0 Å². The molecule has 0 unspecified atom stereocenters. The first kappa shape index (κ1) is 12.7. The van der Waals surface area contributed by atoms with Crippen molar-refractivity contribution in [3.8, 4) is 11.4 Å². The van der Waals surface area contributed by atoms with E-state index in [1.165, 1.54) is 11.1 Å². The number of nitrogens with one attached hydrogen (secondary N) is 1. The van der Waals surface area contributed by atoms with Crippen molar-refractivity contribution in [2.45, 2.75) is 13.8 Å². The minimum atomic E-state index is 0.452. The van der Waals surface area contributed by atoms with Crippen molar-refractivity contribution in [1.82, 2.24) is 15.0 Å². The summed E-state index contributed by atoms with van der Waals surface area (Å²) in [5, 5.41) is 7.46. The van der Waals surface area contributed by atoms with Crippen molar-refractivity contribution >= 4 is 12.2 Å². The van der Waals surface area contributed by atoms with Gasteiger partial charge in [-0.05, 0) is 71.1 Å². The van der Waals surface area contributed by atoms with Gasteiger partial charge in [0, 0.05) is 5.10 Å². The minimum absolute atomic E-state index is 0.452. The lowest BCUT2D eigenvalue weighted by Gasteiger charge is -2.03. The van der Waals surface area contributed by atoms with Crippen molar-refractivity contribution < 1.29 is 4.80 Å². The van der Waals surface area contributed by atoms with Crippen LogP contribution >= 0.6 is 12.2 Å². The Hall–Kier alpha value is -2.27. The summed E-state index contributed by atoms with van der Waals surface area (Å²) in [6.45, 7) is 4.12. The van der Waals surface area contributed by atoms with Gasteiger partial charge in [0.1, 0.15) is 5.69 Å². The van der Waals surface area contributed by atoms with Crippen molar-refractivity contribution in [1.29, 1.82) is 0 Å². The Bertz CT molecular complexity index is 750. The number of nitrogens with zero attached hydrogens (tertiary/aromatic N) is 3. The van der Waals surface area contributed by atoms with Crippen LogP contribution in [0.1, 0.15) is 11.1 Å². The first-order valence-electron chi connectivity index (χ1n) is 6.39. The Balaban J connectivity index is 2.21. The van der Waals surface area contributed by atoms with Gasteiger partial charge < -0.3 is 0 Å². The molecule has 0 fully saturated rings. The molecule has 1 heterocycles. The average Bonchev–Trinajstić information content (AvgIpc) is 2.81. The molecule has 1 aromatic heterocycles. The second-order valence-corrected chi connectivity index (χ2v) is 5.18. The highest BCUT2D eigenvalue weighted by Gasteiger charge is 2.15. The monoisotopic (exact) mass is 283 g/mol. The second kappa shape index (κ2) is 5.02. The molecule has 100 valence electrons. The maximum absolute atomic E-state index is 5.18. The lowest BCUT2D eigenvalue weighted by atomic mass is 10.2. The number of hydrogen-bond acceptors (Lipinski definition) is 2. The van der Waals surface area contributed by atoms with Gasteiger partial charge in [0.15, 0.2) is 5.69 Å². The van der Waals surface area contributed by atoms with Crippen LogP contribution in [-0.2, 0) is 0 Å². The van der Waals surface area contributed by atoms with E-state index in [1.807, 2.05) is 29.1 Å². The topological polar surface area (TPSA) is 37.5 Å². The van der Waals surface area contributed by atoms with E-state index in [0.717, 1.165) is 11.4 Å². The number of benzene rings is 2. The second-order valence-electron chi connectivity index (χ2n) is 4.80. The van der Waals surface area contributed by atoms with Crippen LogP contribution in [0.5, 0.6) is 0 Å². The molecule has 0 atom stereocenters. The summed E-state index contributed by atoms with van der Waals surface area (Å²) in [4.78, 5) is 3.63. The largest absolute Gasteiger partial charge is 0.345 e. The molecule has 1 N–H and O–H groups in total. The zero-order valence-corrected chi connectivity index (χ0v) is 12.2. The van der Waals surface area contributed by atoms with Crippen LogP contribution in [0, 0.1) is 18.6 Å². The first-order valence-corrected chi connectivity index (χ1v) is 6.80. The summed E-state index contributed by atoms with van der Waals surface area (Å²) < 4.78 is 0.452. The van der Waals surface area contributed by atoms with Gasteiger partial charge in [0.25, 0.3) is 0 Å². The number of aryl methyl sites for hydroxylation is 2. The average molecular weight is 283 g/mol. The Morgan fingerprint density at radius 1 is 1.05 bits per heavy atom. The molecule has 5 heteroatoms. The third-order valence-corrected chi connectivity index (χ3v) is 3.23. The Labute approximate surface area is 122 Å². The van der Waals surface area contributed by atoms with E-state index < -0.39 is 0 Å². The van der Waals surface area contributed by atoms with E-state index in [2.05, 4.69) is 48.3 Å². The van der Waals surface area contributed by atoms with Crippen molar-refractivity contribution in [2.75, 3.05) is 0 Å². The third-order valence-electron chi connectivity index (χ3n) is 3.06. The minimum Gasteiger partial charge on any atom is -0.137 e. The zero-order chi connectivity index (χ0) is 14.1. The SMILES string of the molecule is Cc1cccc(-n2[nH]c(=S)n[n+]2-c2cccc(C)c2)c1. The molecule has 3 rings (SSSR count). The fraction of sp³-hybridized carbons (Fsp3) is 0.133. The molecule has 0 radical (unpaired) electrons. The predicted octanol–water partition coefficient (Wildman–Crippen LogP) is 2.82. The van der Waals surface area contributed by atoms with Crippen LogP contribution in [0.4, 0.5) is 0 Å². The number of tetrazole rings is 1. The quantitative estimate of drug-likeness (QED) is 0.580. The zero-order valence-electron chi connectivity index (χ0n) is 11.4. The Morgan fingerprint density at radius 3 is 2.45 bits per heavy atom. The number of aromatic amines is 1. The highest BCUT2D eigenvalue weighted by Crippen LogP contribution is 2.08. The lowest BCUT2D eigenvalue weighted by Crippen LogP contribution is -2.43. The molecule has 0 aliphatic heterocycles. The molecular formula is C15H15N4S+. The van der Waals surface area contributed by atoms with Gasteiger partial charge in [0.05, 0.1) is 0 Å². The summed E-state index contributed by atoms with van der Waals surface area (Å²) in [7, 11) is 0. The van der Waals surface area contributed by atoms with Crippen LogP contribution in [0.3, 0.4) is 0 Å². The number of aromatic nitrogens is 4. The molecule has 4 nitrogen and oxygen atoms in total. The highest BCUT2D eigenvalue weighted by atomic mass is 32.1. The van der Waals surface area contributed by atoms with E-state index in [9.17, 15) is 0 Å². The molecule has 0 amide bonds. The predicted molar refractivity (Wildman–Crippen MR) is 79.8 cm³/mol. The van der Waals surface area contributed by atoms with Gasteiger partial charge in [0.2, 0.25) is 0 Å². The summed E-state index contributed by atoms with van der Waals surface area (Å²) in [6, 6.07) is 16.3. The van der Waals surface area contributed by atoms with Crippen LogP contribution in [0.15, 0.2) is 48.5 Å². The number of hydrogen-bond donors (Lipinski definition) is 1. The molecule has 20 heavy (non-hydrogen) atoms. The van der Waals surface area contributed by atoms with E-state index in [4.69, 9.17) is 12.2 Å². The first-order chi connectivity index (χ1) is 9.63. The van der Waals surface area contributed by atoms with E-state index in [1.54, 1.807) is 4.80 Å². The Morgan fingerprint density at radius 2 is 1.75 bits per heavy atom. The lowest BCUT2D eigenvalue weighted by molar-refractivity contribution is -0.735. The maximum Gasteiger partial charge on any atom is 0.345 e. The number of H-pyrrole nitrogens is 1. The van der Waals surface area contributed by atoms with E-state index in [-0.39, 0.29) is 0 Å². The summed E-state index contributed by atoms with van der Waals surface area (Å²) in [5.74, 6) is 0. The summed E-state index contributed by atoms with van der Waals surface area (Å²) in [6.07, 6.45) is 0. The standard InChI is InChI=1S/C15H14N4S/c1-11-5-3-7-13(9-11)18-16-15(20)17-19(18)14-8-4-6-12(2)10-14/h3-10H,1-2H3/p+1. The number of rotatable bonds is 2. The molecule has 0 aliphatic rings. The highest BCUT2D eigenvalue weighted by molar-refractivity contribution is 7.71. The van der Waals surface area contributed by atoms with Gasteiger partial charge in [-0.3, -0.25) is 0 Å². The van der Waals surface area contributed by atoms with Crippen molar-refractivity contribution in [3.05, 3.63) is 64.4 Å².